The van der Waals surface area contributed by atoms with Gasteiger partial charge in [-0.3, -0.25) is 4.31 Å². The minimum atomic E-state index is -3.92. The van der Waals surface area contributed by atoms with Crippen LogP contribution in [-0.4, -0.2) is 25.3 Å². The predicted molar refractivity (Wildman–Crippen MR) is 107 cm³/mol. The minimum absolute atomic E-state index is 0.00392. The van der Waals surface area contributed by atoms with E-state index < -0.39 is 16.0 Å². The fraction of sp³-hybridized carbons (Fsp3) is 0.200. The van der Waals surface area contributed by atoms with Crippen molar-refractivity contribution in [1.29, 1.82) is 5.26 Å². The first-order valence-corrected chi connectivity index (χ1v) is 10.7. The van der Waals surface area contributed by atoms with Gasteiger partial charge in [0.05, 0.1) is 23.7 Å². The Balaban J connectivity index is 2.24. The van der Waals surface area contributed by atoms with Crippen molar-refractivity contribution in [3.63, 3.8) is 0 Å². The Bertz CT molecular complexity index is 1130. The second-order valence-corrected chi connectivity index (χ2v) is 8.88. The smallest absolute Gasteiger partial charge is 0.351 e. The maximum absolute atomic E-state index is 13.2. The SMILES string of the molecule is CCOC(=O)/C(C#N)=C1/c2ccccc2S(=O)(=O)N1Cc1ccc(Br)cc1C. The van der Waals surface area contributed by atoms with Crippen molar-refractivity contribution in [1.82, 2.24) is 4.31 Å². The quantitative estimate of drug-likeness (QED) is 0.393. The molecular weight excluding hydrogens is 444 g/mol. The molecular formula is C20H17BrN2O4S. The Labute approximate surface area is 172 Å². The molecule has 0 aromatic heterocycles. The van der Waals surface area contributed by atoms with Gasteiger partial charge in [0, 0.05) is 10.0 Å². The van der Waals surface area contributed by atoms with E-state index in [1.807, 2.05) is 31.2 Å². The van der Waals surface area contributed by atoms with E-state index in [4.69, 9.17) is 4.74 Å². The van der Waals surface area contributed by atoms with Gasteiger partial charge in [-0.2, -0.15) is 5.26 Å². The number of nitriles is 1. The Hall–Kier alpha value is -2.63. The molecule has 0 saturated carbocycles. The van der Waals surface area contributed by atoms with E-state index in [0.29, 0.717) is 5.56 Å². The van der Waals surface area contributed by atoms with Crippen molar-refractivity contribution < 1.29 is 17.9 Å². The van der Waals surface area contributed by atoms with Crippen molar-refractivity contribution in [3.05, 3.63) is 69.2 Å². The molecule has 6 nitrogen and oxygen atoms in total. The molecule has 0 N–H and O–H groups in total. The van der Waals surface area contributed by atoms with E-state index in [1.54, 1.807) is 25.1 Å². The van der Waals surface area contributed by atoms with Crippen molar-refractivity contribution in [3.8, 4) is 6.07 Å². The summed E-state index contributed by atoms with van der Waals surface area (Å²) in [6.45, 7) is 3.57. The lowest BCUT2D eigenvalue weighted by Crippen LogP contribution is -2.25. The molecule has 2 aromatic rings. The Morgan fingerprint density at radius 2 is 1.96 bits per heavy atom. The molecule has 2 aromatic carbocycles. The van der Waals surface area contributed by atoms with Gasteiger partial charge in [0.2, 0.25) is 0 Å². The number of hydrogen-bond donors (Lipinski definition) is 0. The minimum Gasteiger partial charge on any atom is -0.462 e. The number of aryl methyl sites for hydroxylation is 1. The first-order chi connectivity index (χ1) is 13.3. The number of fused-ring (bicyclic) bond motifs is 1. The van der Waals surface area contributed by atoms with Gasteiger partial charge in [0.15, 0.2) is 5.57 Å². The highest BCUT2D eigenvalue weighted by Gasteiger charge is 2.41. The van der Waals surface area contributed by atoms with Gasteiger partial charge >= 0.3 is 5.97 Å². The van der Waals surface area contributed by atoms with Crippen LogP contribution in [0.25, 0.3) is 5.70 Å². The fourth-order valence-electron chi connectivity index (χ4n) is 3.07. The molecule has 1 aliphatic heterocycles. The summed E-state index contributed by atoms with van der Waals surface area (Å²) in [5, 5.41) is 9.62. The summed E-state index contributed by atoms with van der Waals surface area (Å²) < 4.78 is 33.4. The van der Waals surface area contributed by atoms with Gasteiger partial charge in [0.25, 0.3) is 10.0 Å². The molecule has 8 heteroatoms. The van der Waals surface area contributed by atoms with Gasteiger partial charge in [0.1, 0.15) is 6.07 Å². The van der Waals surface area contributed by atoms with Crippen LogP contribution < -0.4 is 0 Å². The monoisotopic (exact) mass is 460 g/mol. The molecule has 28 heavy (non-hydrogen) atoms. The van der Waals surface area contributed by atoms with Crippen LogP contribution in [0.4, 0.5) is 0 Å². The van der Waals surface area contributed by atoms with Crippen LogP contribution in [-0.2, 0) is 26.1 Å². The lowest BCUT2D eigenvalue weighted by molar-refractivity contribution is -0.137. The van der Waals surface area contributed by atoms with E-state index in [-0.39, 0.29) is 29.3 Å². The Morgan fingerprint density at radius 3 is 2.61 bits per heavy atom. The third-order valence-electron chi connectivity index (χ3n) is 4.41. The number of carbonyl (C=O) groups is 1. The zero-order valence-electron chi connectivity index (χ0n) is 15.3. The van der Waals surface area contributed by atoms with E-state index >= 15 is 0 Å². The Kier molecular flexibility index (Phi) is 5.59. The standard InChI is InChI=1S/C20H17BrN2O4S/c1-3-27-20(24)17(11-22)19-16-6-4-5-7-18(16)28(25,26)23(19)12-14-8-9-15(21)10-13(14)2/h4-10H,3,12H2,1-2H3/b19-17-. The maximum Gasteiger partial charge on any atom is 0.351 e. The first kappa shape index (κ1) is 20.1. The van der Waals surface area contributed by atoms with Crippen LogP contribution in [0.2, 0.25) is 0 Å². The number of sulfonamides is 1. The Morgan fingerprint density at radius 1 is 1.25 bits per heavy atom. The normalized spacial score (nSPS) is 16.3. The zero-order chi connectivity index (χ0) is 20.5. The highest BCUT2D eigenvalue weighted by Crippen LogP contribution is 2.42. The largest absolute Gasteiger partial charge is 0.462 e. The maximum atomic E-state index is 13.2. The van der Waals surface area contributed by atoms with Crippen molar-refractivity contribution in [2.45, 2.75) is 25.3 Å². The summed E-state index contributed by atoms with van der Waals surface area (Å²) in [5.41, 5.74) is 1.69. The molecule has 1 heterocycles. The van der Waals surface area contributed by atoms with Gasteiger partial charge in [-0.05, 0) is 43.2 Å². The van der Waals surface area contributed by atoms with E-state index in [9.17, 15) is 18.5 Å². The van der Waals surface area contributed by atoms with E-state index in [2.05, 4.69) is 15.9 Å². The van der Waals surface area contributed by atoms with Crippen LogP contribution in [0.5, 0.6) is 0 Å². The number of nitrogens with zero attached hydrogens (tertiary/aromatic N) is 2. The highest BCUT2D eigenvalue weighted by atomic mass is 79.9. The molecule has 144 valence electrons. The molecule has 0 spiro atoms. The molecule has 0 unspecified atom stereocenters. The molecule has 0 radical (unpaired) electrons. The van der Waals surface area contributed by atoms with Crippen molar-refractivity contribution in [2.75, 3.05) is 6.61 Å². The van der Waals surface area contributed by atoms with Gasteiger partial charge in [-0.15, -0.1) is 0 Å². The highest BCUT2D eigenvalue weighted by molar-refractivity contribution is 9.10. The number of halogens is 1. The molecule has 3 rings (SSSR count). The summed E-state index contributed by atoms with van der Waals surface area (Å²) >= 11 is 3.39. The molecule has 0 atom stereocenters. The zero-order valence-corrected chi connectivity index (χ0v) is 17.7. The molecule has 0 bridgehead atoms. The molecule has 0 saturated heterocycles. The van der Waals surface area contributed by atoms with Crippen LogP contribution in [0, 0.1) is 18.3 Å². The van der Waals surface area contributed by atoms with Crippen LogP contribution in [0.15, 0.2) is 57.4 Å². The fourth-order valence-corrected chi connectivity index (χ4v) is 5.22. The predicted octanol–water partition coefficient (Wildman–Crippen LogP) is 3.76. The number of ether oxygens (including phenoxy) is 1. The first-order valence-electron chi connectivity index (χ1n) is 8.50. The molecule has 1 aliphatic rings. The van der Waals surface area contributed by atoms with Gasteiger partial charge in [-0.25, -0.2) is 13.2 Å². The van der Waals surface area contributed by atoms with Crippen LogP contribution in [0.1, 0.15) is 23.6 Å². The third kappa shape index (κ3) is 3.43. The van der Waals surface area contributed by atoms with Gasteiger partial charge in [-0.1, -0.05) is 40.2 Å². The van der Waals surface area contributed by atoms with Crippen molar-refractivity contribution in [2.24, 2.45) is 0 Å². The number of esters is 1. The summed E-state index contributed by atoms with van der Waals surface area (Å²) in [6.07, 6.45) is 0. The average molecular weight is 461 g/mol. The van der Waals surface area contributed by atoms with Crippen LogP contribution >= 0.6 is 15.9 Å². The second-order valence-electron chi connectivity index (χ2n) is 6.13. The summed E-state index contributed by atoms with van der Waals surface area (Å²) in [7, 11) is -3.92. The second kappa shape index (κ2) is 7.78. The van der Waals surface area contributed by atoms with E-state index in [0.717, 1.165) is 19.9 Å². The lowest BCUT2D eigenvalue weighted by Gasteiger charge is -2.21. The van der Waals surface area contributed by atoms with Crippen molar-refractivity contribution >= 4 is 37.6 Å². The van der Waals surface area contributed by atoms with E-state index in [1.165, 1.54) is 6.07 Å². The summed E-state index contributed by atoms with van der Waals surface area (Å²) in [4.78, 5) is 12.4. The molecule has 0 amide bonds. The third-order valence-corrected chi connectivity index (χ3v) is 6.70. The number of rotatable bonds is 4. The summed E-state index contributed by atoms with van der Waals surface area (Å²) in [6, 6.07) is 13.7. The summed E-state index contributed by atoms with van der Waals surface area (Å²) in [5.74, 6) is -0.843. The number of benzene rings is 2. The topological polar surface area (TPSA) is 87.5 Å². The number of carbonyl (C=O) groups excluding carboxylic acids is 1. The molecule has 0 aliphatic carbocycles. The number of hydrogen-bond acceptors (Lipinski definition) is 5. The van der Waals surface area contributed by atoms with Crippen LogP contribution in [0.3, 0.4) is 0 Å². The lowest BCUT2D eigenvalue weighted by atomic mass is 10.1. The van der Waals surface area contributed by atoms with Gasteiger partial charge < -0.3 is 4.74 Å². The average Bonchev–Trinajstić information content (AvgIpc) is 2.86. The molecule has 0 fully saturated rings.